The maximum absolute atomic E-state index is 11.9. The van der Waals surface area contributed by atoms with Crippen molar-refractivity contribution < 1.29 is 22.7 Å². The minimum absolute atomic E-state index is 0.368. The van der Waals surface area contributed by atoms with Gasteiger partial charge >= 0.3 is 6.18 Å². The van der Waals surface area contributed by atoms with Gasteiger partial charge in [0.15, 0.2) is 0 Å². The van der Waals surface area contributed by atoms with Crippen molar-refractivity contribution in [1.82, 2.24) is 14.8 Å². The third kappa shape index (κ3) is 7.28. The van der Waals surface area contributed by atoms with Crippen molar-refractivity contribution in [3.8, 4) is 0 Å². The number of nitrogens with zero attached hydrogens (tertiary/aromatic N) is 4. The number of benzene rings is 1. The number of ether oxygens (including phenoxy) is 1. The first-order chi connectivity index (χ1) is 17.2. The van der Waals surface area contributed by atoms with Gasteiger partial charge in [-0.15, -0.1) is 0 Å². The molecule has 2 aromatic heterocycles. The number of rotatable bonds is 6. The summed E-state index contributed by atoms with van der Waals surface area (Å²) in [5.74, 6) is 0.105. The van der Waals surface area contributed by atoms with Crippen LogP contribution < -0.4 is 5.73 Å². The van der Waals surface area contributed by atoms with Crippen molar-refractivity contribution in [2.24, 2.45) is 17.8 Å². The van der Waals surface area contributed by atoms with Gasteiger partial charge in [0, 0.05) is 18.9 Å². The number of amides is 1. The van der Waals surface area contributed by atoms with Gasteiger partial charge in [0.2, 0.25) is 11.8 Å². The first kappa shape index (κ1) is 29.3. The second-order valence-electron chi connectivity index (χ2n) is 8.80. The average Bonchev–Trinajstić information content (AvgIpc) is 3.22. The molecule has 10 heteroatoms. The summed E-state index contributed by atoms with van der Waals surface area (Å²) in [6, 6.07) is 9.85. The molecule has 0 saturated heterocycles. The summed E-state index contributed by atoms with van der Waals surface area (Å²) in [6.07, 6.45) is -0.888. The van der Waals surface area contributed by atoms with Crippen LogP contribution in [0.15, 0.2) is 60.4 Å². The Morgan fingerprint density at radius 3 is 2.16 bits per heavy atom. The highest BCUT2D eigenvalue weighted by Crippen LogP contribution is 2.28. The lowest BCUT2D eigenvalue weighted by Crippen LogP contribution is -2.35. The Bertz CT molecular complexity index is 1260. The lowest BCUT2D eigenvalue weighted by molar-refractivity contribution is -0.137. The topological polar surface area (TPSA) is 95.4 Å². The Morgan fingerprint density at radius 2 is 1.70 bits per heavy atom. The van der Waals surface area contributed by atoms with E-state index in [0.717, 1.165) is 41.1 Å². The molecule has 0 unspecified atom stereocenters. The Kier molecular flexibility index (Phi) is 9.38. The second kappa shape index (κ2) is 11.9. The molecule has 198 valence electrons. The van der Waals surface area contributed by atoms with Crippen LogP contribution in [0.1, 0.15) is 54.4 Å². The monoisotopic (exact) mass is 515 g/mol. The minimum atomic E-state index is -4.28. The maximum atomic E-state index is 11.9. The lowest BCUT2D eigenvalue weighted by Gasteiger charge is -2.21. The zero-order valence-corrected chi connectivity index (χ0v) is 21.8. The van der Waals surface area contributed by atoms with Crippen LogP contribution in [0.3, 0.4) is 0 Å². The summed E-state index contributed by atoms with van der Waals surface area (Å²) in [5, 5.41) is 4.27. The van der Waals surface area contributed by atoms with E-state index in [1.165, 1.54) is 6.07 Å². The summed E-state index contributed by atoms with van der Waals surface area (Å²) < 4.78 is 42.9. The van der Waals surface area contributed by atoms with Gasteiger partial charge in [0.1, 0.15) is 0 Å². The molecule has 0 aliphatic rings. The number of aliphatic imine (C=N–C) groups is 1. The van der Waals surface area contributed by atoms with E-state index in [2.05, 4.69) is 28.6 Å². The minimum Gasteiger partial charge on any atom is -0.480 e. The molecule has 0 saturated carbocycles. The van der Waals surface area contributed by atoms with Crippen LogP contribution >= 0.6 is 0 Å². The number of carbonyl (C=O) groups excluding carboxylic acids is 1. The van der Waals surface area contributed by atoms with Crippen LogP contribution in [-0.2, 0) is 34.6 Å². The number of hydrogen-bond acceptors (Lipinski definition) is 5. The number of aryl methyl sites for hydroxylation is 2. The highest BCUT2D eigenvalue weighted by atomic mass is 19.4. The van der Waals surface area contributed by atoms with Gasteiger partial charge in [-0.25, -0.2) is 4.99 Å². The Morgan fingerprint density at radius 1 is 1.11 bits per heavy atom. The van der Waals surface area contributed by atoms with Crippen molar-refractivity contribution in [2.75, 3.05) is 7.11 Å². The first-order valence-corrected chi connectivity index (χ1v) is 11.5. The van der Waals surface area contributed by atoms with E-state index < -0.39 is 17.2 Å². The molecule has 0 spiro atoms. The van der Waals surface area contributed by atoms with Gasteiger partial charge in [0.05, 0.1) is 41.2 Å². The SMILES string of the molecule is C=C(N=C(OC)c1cnn(C)c1CC)c1ccc(C(C)(C)C(N)=O)cc1.Cc1ccc(C(F)(F)F)cn1. The fourth-order valence-electron chi connectivity index (χ4n) is 3.32. The molecule has 2 N–H and O–H groups in total. The third-order valence-corrected chi connectivity index (χ3v) is 5.85. The molecule has 0 aliphatic heterocycles. The predicted octanol–water partition coefficient (Wildman–Crippen LogP) is 5.22. The number of primary amides is 1. The van der Waals surface area contributed by atoms with Gasteiger partial charge < -0.3 is 10.5 Å². The van der Waals surface area contributed by atoms with E-state index in [1.54, 1.807) is 34.1 Å². The molecule has 0 radical (unpaired) electrons. The highest BCUT2D eigenvalue weighted by Gasteiger charge is 2.30. The number of hydrogen-bond donors (Lipinski definition) is 1. The summed E-state index contributed by atoms with van der Waals surface area (Å²) in [7, 11) is 3.47. The second-order valence-corrected chi connectivity index (χ2v) is 8.80. The predicted molar refractivity (Wildman–Crippen MR) is 138 cm³/mol. The standard InChI is InChI=1S/C20H26N4O2.C7H6F3N/c1-7-17-16(12-22-24(17)5)18(26-6)23-13(2)14-8-10-15(11-9-14)20(3,4)19(21)25;1-5-2-3-6(4-11-5)7(8,9)10/h8-12H,2,7H2,1,3-6H3,(H2,21,25);2-4H,1H3. The van der Waals surface area contributed by atoms with Gasteiger partial charge in [-0.2, -0.15) is 18.3 Å². The molecule has 1 aromatic carbocycles. The number of alkyl halides is 3. The highest BCUT2D eigenvalue weighted by molar-refractivity contribution is 5.98. The molecule has 0 fully saturated rings. The summed E-state index contributed by atoms with van der Waals surface area (Å²) in [6.45, 7) is 11.3. The molecule has 3 aromatic rings. The van der Waals surface area contributed by atoms with Crippen molar-refractivity contribution in [3.63, 3.8) is 0 Å². The quantitative estimate of drug-likeness (QED) is 0.360. The molecule has 0 aliphatic carbocycles. The summed E-state index contributed by atoms with van der Waals surface area (Å²) in [5.41, 5.74) is 8.76. The number of pyridine rings is 1. The average molecular weight is 516 g/mol. The molecule has 2 heterocycles. The van der Waals surface area contributed by atoms with Crippen LogP contribution in [0.4, 0.5) is 13.2 Å². The zero-order chi connectivity index (χ0) is 28.0. The van der Waals surface area contributed by atoms with Crippen molar-refractivity contribution >= 4 is 17.5 Å². The van der Waals surface area contributed by atoms with Crippen molar-refractivity contribution in [2.45, 2.75) is 45.7 Å². The van der Waals surface area contributed by atoms with Crippen LogP contribution in [0, 0.1) is 6.92 Å². The van der Waals surface area contributed by atoms with E-state index in [9.17, 15) is 18.0 Å². The molecular formula is C27H32F3N5O2. The molecule has 7 nitrogen and oxygen atoms in total. The maximum Gasteiger partial charge on any atom is 0.417 e. The molecule has 0 atom stereocenters. The molecule has 1 amide bonds. The molecule has 0 bridgehead atoms. The Hall–Kier alpha value is -3.95. The number of methoxy groups -OCH3 is 1. The van der Waals surface area contributed by atoms with Gasteiger partial charge in [-0.3, -0.25) is 14.5 Å². The molecular weight excluding hydrogens is 483 g/mol. The molecule has 3 rings (SSSR count). The summed E-state index contributed by atoms with van der Waals surface area (Å²) >= 11 is 0. The normalized spacial score (nSPS) is 12.0. The Labute approximate surface area is 214 Å². The number of carbonyl (C=O) groups is 1. The van der Waals surface area contributed by atoms with E-state index in [-0.39, 0.29) is 5.91 Å². The van der Waals surface area contributed by atoms with E-state index in [4.69, 9.17) is 10.5 Å². The van der Waals surface area contributed by atoms with E-state index in [0.29, 0.717) is 17.3 Å². The molecule has 37 heavy (non-hydrogen) atoms. The van der Waals surface area contributed by atoms with Crippen LogP contribution in [0.5, 0.6) is 0 Å². The fourth-order valence-corrected chi connectivity index (χ4v) is 3.32. The van der Waals surface area contributed by atoms with E-state index in [1.807, 2.05) is 36.0 Å². The zero-order valence-electron chi connectivity index (χ0n) is 21.8. The number of aromatic nitrogens is 3. The van der Waals surface area contributed by atoms with Crippen LogP contribution in [0.2, 0.25) is 0 Å². The van der Waals surface area contributed by atoms with E-state index >= 15 is 0 Å². The van der Waals surface area contributed by atoms with Crippen LogP contribution in [0.25, 0.3) is 5.70 Å². The summed E-state index contributed by atoms with van der Waals surface area (Å²) in [4.78, 5) is 19.7. The van der Waals surface area contributed by atoms with Gasteiger partial charge in [0.25, 0.3) is 0 Å². The smallest absolute Gasteiger partial charge is 0.417 e. The third-order valence-electron chi connectivity index (χ3n) is 5.85. The number of nitrogens with two attached hydrogens (primary N) is 1. The number of halogens is 3. The van der Waals surface area contributed by atoms with Gasteiger partial charge in [-0.1, -0.05) is 37.8 Å². The Balaban J connectivity index is 0.000000364. The first-order valence-electron chi connectivity index (χ1n) is 11.5. The lowest BCUT2D eigenvalue weighted by atomic mass is 9.83. The van der Waals surface area contributed by atoms with Crippen LogP contribution in [-0.4, -0.2) is 33.7 Å². The largest absolute Gasteiger partial charge is 0.480 e. The van der Waals surface area contributed by atoms with Crippen molar-refractivity contribution in [1.29, 1.82) is 0 Å². The van der Waals surface area contributed by atoms with Crippen molar-refractivity contribution in [3.05, 3.63) is 89.0 Å². The van der Waals surface area contributed by atoms with Gasteiger partial charge in [-0.05, 0) is 50.5 Å². The fraction of sp³-hybridized carbons (Fsp3) is 0.333.